The van der Waals surface area contributed by atoms with Gasteiger partial charge in [0.05, 0.1) is 24.1 Å². The summed E-state index contributed by atoms with van der Waals surface area (Å²) >= 11 is 0. The lowest BCUT2D eigenvalue weighted by Crippen LogP contribution is -2.09. The number of aromatic nitrogens is 2. The van der Waals surface area contributed by atoms with Gasteiger partial charge in [-0.3, -0.25) is 9.59 Å². The van der Waals surface area contributed by atoms with Gasteiger partial charge in [-0.05, 0) is 25.5 Å². The summed E-state index contributed by atoms with van der Waals surface area (Å²) in [6.07, 6.45) is 1.50. The highest BCUT2D eigenvalue weighted by Gasteiger charge is 2.12. The number of nitrogens with zero attached hydrogens (tertiary/aromatic N) is 2. The molecule has 1 aromatic carbocycles. The van der Waals surface area contributed by atoms with Gasteiger partial charge in [0, 0.05) is 19.9 Å². The Hall–Kier alpha value is -2.17. The fourth-order valence-electron chi connectivity index (χ4n) is 2.28. The lowest BCUT2D eigenvalue weighted by Gasteiger charge is -2.03. The number of hydrogen-bond acceptors (Lipinski definition) is 4. The zero-order valence-electron chi connectivity index (χ0n) is 12.5. The highest BCUT2D eigenvalue weighted by molar-refractivity contribution is 5.83. The molecule has 1 heterocycles. The van der Waals surface area contributed by atoms with Crippen LogP contribution in [-0.4, -0.2) is 27.9 Å². The molecular formula is C16H20N2O3. The van der Waals surface area contributed by atoms with Crippen LogP contribution in [0.1, 0.15) is 32.0 Å². The van der Waals surface area contributed by atoms with Crippen LogP contribution in [0.15, 0.2) is 24.3 Å². The summed E-state index contributed by atoms with van der Waals surface area (Å²) in [5.41, 5.74) is 1.92. The molecule has 0 fully saturated rings. The molecule has 0 saturated heterocycles. The molecule has 0 saturated carbocycles. The van der Waals surface area contributed by atoms with Crippen molar-refractivity contribution >= 4 is 22.8 Å². The van der Waals surface area contributed by atoms with Crippen LogP contribution in [0.2, 0.25) is 0 Å². The maximum Gasteiger partial charge on any atom is 0.305 e. The zero-order chi connectivity index (χ0) is 15.2. The molecule has 0 atom stereocenters. The second-order valence-corrected chi connectivity index (χ2v) is 4.95. The van der Waals surface area contributed by atoms with Crippen molar-refractivity contribution in [2.24, 2.45) is 7.05 Å². The van der Waals surface area contributed by atoms with Crippen molar-refractivity contribution in [3.63, 3.8) is 0 Å². The molecule has 2 aromatic rings. The van der Waals surface area contributed by atoms with Crippen molar-refractivity contribution in [1.29, 1.82) is 0 Å². The van der Waals surface area contributed by atoms with E-state index in [1.165, 1.54) is 0 Å². The molecule has 0 aliphatic carbocycles. The van der Waals surface area contributed by atoms with E-state index in [-0.39, 0.29) is 11.8 Å². The maximum absolute atomic E-state index is 12.0. The molecule has 0 N–H and O–H groups in total. The Morgan fingerprint density at radius 2 is 2.00 bits per heavy atom. The van der Waals surface area contributed by atoms with Crippen LogP contribution in [0.3, 0.4) is 0 Å². The van der Waals surface area contributed by atoms with Crippen LogP contribution >= 0.6 is 0 Å². The molecule has 0 radical (unpaired) electrons. The minimum absolute atomic E-state index is 0.0951. The summed E-state index contributed by atoms with van der Waals surface area (Å²) < 4.78 is 6.78. The first-order valence-electron chi connectivity index (χ1n) is 7.19. The quantitative estimate of drug-likeness (QED) is 0.734. The number of esters is 1. The Morgan fingerprint density at radius 3 is 2.71 bits per heavy atom. The summed E-state index contributed by atoms with van der Waals surface area (Å²) in [5.74, 6) is 0.614. The number of para-hydroxylation sites is 2. The lowest BCUT2D eigenvalue weighted by atomic mass is 10.1. The summed E-state index contributed by atoms with van der Waals surface area (Å²) in [7, 11) is 1.91. The molecule has 0 unspecified atom stereocenters. The van der Waals surface area contributed by atoms with Crippen molar-refractivity contribution in [3.8, 4) is 0 Å². The first-order valence-corrected chi connectivity index (χ1v) is 7.19. The highest BCUT2D eigenvalue weighted by Crippen LogP contribution is 2.15. The highest BCUT2D eigenvalue weighted by atomic mass is 16.5. The Morgan fingerprint density at radius 1 is 1.24 bits per heavy atom. The molecule has 0 aliphatic rings. The van der Waals surface area contributed by atoms with Gasteiger partial charge >= 0.3 is 5.97 Å². The van der Waals surface area contributed by atoms with E-state index in [2.05, 4.69) is 4.98 Å². The fourth-order valence-corrected chi connectivity index (χ4v) is 2.28. The number of ether oxygens (including phenoxy) is 1. The summed E-state index contributed by atoms with van der Waals surface area (Å²) in [6.45, 7) is 2.15. The molecule has 0 spiro atoms. The third-order valence-corrected chi connectivity index (χ3v) is 3.38. The molecule has 112 valence electrons. The summed E-state index contributed by atoms with van der Waals surface area (Å²) in [6, 6.07) is 7.80. The van der Waals surface area contributed by atoms with Crippen LogP contribution in [-0.2, 0) is 27.8 Å². The van der Waals surface area contributed by atoms with Crippen molar-refractivity contribution in [3.05, 3.63) is 30.1 Å². The van der Waals surface area contributed by atoms with Gasteiger partial charge in [-0.25, -0.2) is 4.98 Å². The van der Waals surface area contributed by atoms with Crippen LogP contribution in [0, 0.1) is 0 Å². The number of Topliss-reactive ketones (excluding diaryl/α,β-unsaturated/α-hetero) is 1. The number of aryl methyl sites for hydroxylation is 1. The SMILES string of the molecule is CCOC(=O)CCCC(=O)Cc1nc2ccccc2n1C. The van der Waals surface area contributed by atoms with Crippen molar-refractivity contribution in [2.75, 3.05) is 6.61 Å². The second-order valence-electron chi connectivity index (χ2n) is 4.95. The molecule has 2 rings (SSSR count). The monoisotopic (exact) mass is 288 g/mol. The van der Waals surface area contributed by atoms with Crippen molar-refractivity contribution in [2.45, 2.75) is 32.6 Å². The van der Waals surface area contributed by atoms with E-state index in [0.717, 1.165) is 16.9 Å². The number of rotatable bonds is 7. The average molecular weight is 288 g/mol. The molecule has 0 bridgehead atoms. The van der Waals surface area contributed by atoms with E-state index < -0.39 is 0 Å². The van der Waals surface area contributed by atoms with Gasteiger partial charge in [-0.1, -0.05) is 12.1 Å². The van der Waals surface area contributed by atoms with Crippen molar-refractivity contribution < 1.29 is 14.3 Å². The molecule has 5 heteroatoms. The van der Waals surface area contributed by atoms with Gasteiger partial charge in [0.15, 0.2) is 0 Å². The Kier molecular flexibility index (Phi) is 5.09. The summed E-state index contributed by atoms with van der Waals surface area (Å²) in [5, 5.41) is 0. The van der Waals surface area contributed by atoms with Gasteiger partial charge in [0.2, 0.25) is 0 Å². The van der Waals surface area contributed by atoms with Crippen LogP contribution < -0.4 is 0 Å². The van der Waals surface area contributed by atoms with Crippen LogP contribution in [0.25, 0.3) is 11.0 Å². The molecule has 0 amide bonds. The Labute approximate surface area is 123 Å². The smallest absolute Gasteiger partial charge is 0.305 e. The molecular weight excluding hydrogens is 268 g/mol. The van der Waals surface area contributed by atoms with Crippen LogP contribution in [0.5, 0.6) is 0 Å². The Balaban J connectivity index is 1.90. The van der Waals surface area contributed by atoms with E-state index in [0.29, 0.717) is 32.3 Å². The maximum atomic E-state index is 12.0. The number of benzene rings is 1. The Bertz CT molecular complexity index is 646. The second kappa shape index (κ2) is 7.02. The number of hydrogen-bond donors (Lipinski definition) is 0. The molecule has 0 aliphatic heterocycles. The number of fused-ring (bicyclic) bond motifs is 1. The molecule has 1 aromatic heterocycles. The largest absolute Gasteiger partial charge is 0.466 e. The third-order valence-electron chi connectivity index (χ3n) is 3.38. The number of imidazole rings is 1. The van der Waals surface area contributed by atoms with Gasteiger partial charge in [0.1, 0.15) is 11.6 Å². The summed E-state index contributed by atoms with van der Waals surface area (Å²) in [4.78, 5) is 27.7. The minimum Gasteiger partial charge on any atom is -0.466 e. The van der Waals surface area contributed by atoms with Gasteiger partial charge in [0.25, 0.3) is 0 Å². The van der Waals surface area contributed by atoms with E-state index in [1.54, 1.807) is 6.92 Å². The molecule has 21 heavy (non-hydrogen) atoms. The normalized spacial score (nSPS) is 10.8. The fraction of sp³-hybridized carbons (Fsp3) is 0.438. The average Bonchev–Trinajstić information content (AvgIpc) is 2.76. The van der Waals surface area contributed by atoms with Crippen molar-refractivity contribution in [1.82, 2.24) is 9.55 Å². The van der Waals surface area contributed by atoms with Gasteiger partial charge in [-0.15, -0.1) is 0 Å². The first kappa shape index (κ1) is 15.2. The molecule has 5 nitrogen and oxygen atoms in total. The zero-order valence-corrected chi connectivity index (χ0v) is 12.5. The van der Waals surface area contributed by atoms with E-state index in [4.69, 9.17) is 4.74 Å². The standard InChI is InChI=1S/C16H20N2O3/c1-3-21-16(20)10-6-7-12(19)11-15-17-13-8-4-5-9-14(13)18(15)2/h4-5,8-9H,3,6-7,10-11H2,1-2H3. The topological polar surface area (TPSA) is 61.2 Å². The predicted octanol–water partition coefficient (Wildman–Crippen LogP) is 2.42. The number of ketones is 1. The number of carbonyl (C=O) groups excluding carboxylic acids is 2. The van der Waals surface area contributed by atoms with E-state index >= 15 is 0 Å². The van der Waals surface area contributed by atoms with Crippen LogP contribution in [0.4, 0.5) is 0 Å². The minimum atomic E-state index is -0.243. The number of carbonyl (C=O) groups is 2. The first-order chi connectivity index (χ1) is 10.1. The predicted molar refractivity (Wildman–Crippen MR) is 79.9 cm³/mol. The van der Waals surface area contributed by atoms with Gasteiger partial charge in [-0.2, -0.15) is 0 Å². The lowest BCUT2D eigenvalue weighted by molar-refractivity contribution is -0.143. The third kappa shape index (κ3) is 3.90. The van der Waals surface area contributed by atoms with E-state index in [1.807, 2.05) is 35.9 Å². The van der Waals surface area contributed by atoms with E-state index in [9.17, 15) is 9.59 Å². The van der Waals surface area contributed by atoms with Gasteiger partial charge < -0.3 is 9.30 Å².